The molecule has 0 aliphatic carbocycles. The molecule has 1 aromatic rings. The zero-order chi connectivity index (χ0) is 11.2. The van der Waals surface area contributed by atoms with E-state index in [0.29, 0.717) is 0 Å². The summed E-state index contributed by atoms with van der Waals surface area (Å²) >= 11 is 3.96. The molecule has 0 saturated carbocycles. The first-order valence-electron chi connectivity index (χ1n) is 6.13. The smallest absolute Gasteiger partial charge is 0.0939 e. The Hall–Kier alpha value is -0.0600. The normalized spacial score (nSPS) is 21.2. The van der Waals surface area contributed by atoms with Gasteiger partial charge in [-0.1, -0.05) is 6.42 Å². The van der Waals surface area contributed by atoms with Crippen LogP contribution in [0, 0.1) is 0 Å². The van der Waals surface area contributed by atoms with Gasteiger partial charge in [0.25, 0.3) is 0 Å². The van der Waals surface area contributed by atoms with Crippen LogP contribution in [0.5, 0.6) is 0 Å². The fourth-order valence-electron chi connectivity index (χ4n) is 2.00. The third-order valence-corrected chi connectivity index (χ3v) is 5.23. The molecule has 1 atom stereocenters. The molecule has 4 heteroatoms. The minimum Gasteiger partial charge on any atom is -0.330 e. The zero-order valence-corrected chi connectivity index (χ0v) is 11.3. The lowest BCUT2D eigenvalue weighted by Crippen LogP contribution is -2.12. The second kappa shape index (κ2) is 6.62. The molecular formula is C12H20N2S2. The van der Waals surface area contributed by atoms with Gasteiger partial charge in [0.05, 0.1) is 10.7 Å². The minimum atomic E-state index is 0.769. The molecule has 90 valence electrons. The van der Waals surface area contributed by atoms with Crippen molar-refractivity contribution in [3.63, 3.8) is 0 Å². The molecule has 2 nitrogen and oxygen atoms in total. The van der Waals surface area contributed by atoms with Gasteiger partial charge in [-0.3, -0.25) is 0 Å². The topological polar surface area (TPSA) is 38.9 Å². The van der Waals surface area contributed by atoms with Crippen molar-refractivity contribution in [2.24, 2.45) is 5.73 Å². The van der Waals surface area contributed by atoms with Gasteiger partial charge in [0.1, 0.15) is 0 Å². The molecule has 2 heterocycles. The summed E-state index contributed by atoms with van der Waals surface area (Å²) in [6.45, 7) is 0.769. The number of nitrogens with two attached hydrogens (primary N) is 1. The van der Waals surface area contributed by atoms with E-state index in [1.807, 2.05) is 11.3 Å². The SMILES string of the molecule is NCCCc1csc(CC2CCCCS2)n1. The molecule has 0 amide bonds. The van der Waals surface area contributed by atoms with E-state index in [4.69, 9.17) is 10.7 Å². The molecule has 1 unspecified atom stereocenters. The Morgan fingerprint density at radius 2 is 2.38 bits per heavy atom. The summed E-state index contributed by atoms with van der Waals surface area (Å²) in [6, 6.07) is 0. The van der Waals surface area contributed by atoms with Gasteiger partial charge >= 0.3 is 0 Å². The van der Waals surface area contributed by atoms with Crippen molar-refractivity contribution in [2.45, 2.75) is 43.8 Å². The highest BCUT2D eigenvalue weighted by Crippen LogP contribution is 2.28. The monoisotopic (exact) mass is 256 g/mol. The van der Waals surface area contributed by atoms with E-state index in [1.54, 1.807) is 0 Å². The minimum absolute atomic E-state index is 0.769. The predicted molar refractivity (Wildman–Crippen MR) is 73.3 cm³/mol. The Balaban J connectivity index is 1.81. The fourth-order valence-corrected chi connectivity index (χ4v) is 4.33. The Morgan fingerprint density at radius 3 is 3.12 bits per heavy atom. The predicted octanol–water partition coefficient (Wildman–Crippen LogP) is 2.86. The van der Waals surface area contributed by atoms with E-state index in [0.717, 1.165) is 24.6 Å². The maximum absolute atomic E-state index is 5.50. The number of rotatable bonds is 5. The molecule has 2 N–H and O–H groups in total. The number of thioether (sulfide) groups is 1. The molecule has 0 spiro atoms. The number of hydrogen-bond donors (Lipinski definition) is 1. The fraction of sp³-hybridized carbons (Fsp3) is 0.750. The first-order valence-corrected chi connectivity index (χ1v) is 8.06. The Kier molecular flexibility index (Phi) is 5.13. The number of aromatic nitrogens is 1. The van der Waals surface area contributed by atoms with E-state index in [-0.39, 0.29) is 0 Å². The summed E-state index contributed by atoms with van der Waals surface area (Å²) in [5.74, 6) is 1.34. The van der Waals surface area contributed by atoms with E-state index in [1.165, 1.54) is 42.1 Å². The molecule has 2 rings (SSSR count). The summed E-state index contributed by atoms with van der Waals surface area (Å²) in [7, 11) is 0. The quantitative estimate of drug-likeness (QED) is 0.880. The second-order valence-corrected chi connectivity index (χ2v) is 6.67. The van der Waals surface area contributed by atoms with Gasteiger partial charge in [0.2, 0.25) is 0 Å². The van der Waals surface area contributed by atoms with Crippen molar-refractivity contribution in [2.75, 3.05) is 12.3 Å². The van der Waals surface area contributed by atoms with Crippen LogP contribution in [0.25, 0.3) is 0 Å². The number of hydrogen-bond acceptors (Lipinski definition) is 4. The van der Waals surface area contributed by atoms with Crippen LogP contribution >= 0.6 is 23.1 Å². The lowest BCUT2D eigenvalue weighted by atomic mass is 10.1. The van der Waals surface area contributed by atoms with Crippen LogP contribution < -0.4 is 5.73 Å². The van der Waals surface area contributed by atoms with Crippen molar-refractivity contribution in [1.29, 1.82) is 0 Å². The molecule has 16 heavy (non-hydrogen) atoms. The van der Waals surface area contributed by atoms with Gasteiger partial charge in [-0.25, -0.2) is 4.98 Å². The summed E-state index contributed by atoms with van der Waals surface area (Å²) in [5, 5.41) is 4.35. The molecule has 1 aromatic heterocycles. The molecule has 1 fully saturated rings. The standard InChI is InChI=1S/C12H20N2S2/c13-6-3-4-10-9-16-12(14-10)8-11-5-1-2-7-15-11/h9,11H,1-8,13H2. The summed E-state index contributed by atoms with van der Waals surface area (Å²) in [6.07, 6.45) is 7.47. The average molecular weight is 256 g/mol. The van der Waals surface area contributed by atoms with Gasteiger partial charge < -0.3 is 5.73 Å². The second-order valence-electron chi connectivity index (χ2n) is 4.32. The van der Waals surface area contributed by atoms with Crippen LogP contribution in [0.4, 0.5) is 0 Å². The van der Waals surface area contributed by atoms with Crippen molar-refractivity contribution < 1.29 is 0 Å². The van der Waals surface area contributed by atoms with Gasteiger partial charge in [-0.2, -0.15) is 11.8 Å². The van der Waals surface area contributed by atoms with Gasteiger partial charge in [0.15, 0.2) is 0 Å². The third-order valence-electron chi connectivity index (χ3n) is 2.91. The zero-order valence-electron chi connectivity index (χ0n) is 9.65. The van der Waals surface area contributed by atoms with Gasteiger partial charge in [-0.15, -0.1) is 11.3 Å². The molecule has 0 bridgehead atoms. The van der Waals surface area contributed by atoms with Crippen LogP contribution in [-0.4, -0.2) is 22.5 Å². The maximum atomic E-state index is 5.50. The molecule has 1 aliphatic rings. The van der Waals surface area contributed by atoms with Crippen molar-refractivity contribution in [1.82, 2.24) is 4.98 Å². The maximum Gasteiger partial charge on any atom is 0.0939 e. The number of thiazole rings is 1. The Morgan fingerprint density at radius 1 is 1.44 bits per heavy atom. The van der Waals surface area contributed by atoms with Crippen molar-refractivity contribution >= 4 is 23.1 Å². The summed E-state index contributed by atoms with van der Waals surface area (Å²) < 4.78 is 0. The van der Waals surface area contributed by atoms with Crippen molar-refractivity contribution in [3.05, 3.63) is 16.1 Å². The average Bonchev–Trinajstić information content (AvgIpc) is 2.75. The van der Waals surface area contributed by atoms with Crippen LogP contribution in [-0.2, 0) is 12.8 Å². The Bertz CT molecular complexity index is 306. The highest BCUT2D eigenvalue weighted by molar-refractivity contribution is 7.99. The number of aryl methyl sites for hydroxylation is 1. The van der Waals surface area contributed by atoms with Gasteiger partial charge in [0, 0.05) is 17.1 Å². The van der Waals surface area contributed by atoms with E-state index in [2.05, 4.69) is 17.1 Å². The lowest BCUT2D eigenvalue weighted by Gasteiger charge is -2.19. The van der Waals surface area contributed by atoms with Crippen LogP contribution in [0.1, 0.15) is 36.4 Å². The largest absolute Gasteiger partial charge is 0.330 e. The number of nitrogens with zero attached hydrogens (tertiary/aromatic N) is 1. The van der Waals surface area contributed by atoms with E-state index < -0.39 is 0 Å². The molecule has 0 radical (unpaired) electrons. The lowest BCUT2D eigenvalue weighted by molar-refractivity contribution is 0.658. The van der Waals surface area contributed by atoms with Crippen LogP contribution in [0.2, 0.25) is 0 Å². The highest BCUT2D eigenvalue weighted by atomic mass is 32.2. The third kappa shape index (κ3) is 3.75. The highest BCUT2D eigenvalue weighted by Gasteiger charge is 2.15. The van der Waals surface area contributed by atoms with E-state index >= 15 is 0 Å². The summed E-state index contributed by atoms with van der Waals surface area (Å²) in [4.78, 5) is 4.69. The van der Waals surface area contributed by atoms with Crippen molar-refractivity contribution in [3.8, 4) is 0 Å². The van der Waals surface area contributed by atoms with Crippen LogP contribution in [0.3, 0.4) is 0 Å². The first kappa shape index (κ1) is 12.4. The molecule has 1 aliphatic heterocycles. The molecular weight excluding hydrogens is 236 g/mol. The first-order chi connectivity index (χ1) is 7.88. The summed E-state index contributed by atoms with van der Waals surface area (Å²) in [5.41, 5.74) is 6.75. The molecule has 0 aromatic carbocycles. The van der Waals surface area contributed by atoms with Gasteiger partial charge in [-0.05, 0) is 38.0 Å². The van der Waals surface area contributed by atoms with E-state index in [9.17, 15) is 0 Å². The molecule has 1 saturated heterocycles. The Labute approximate surface area is 106 Å². The van der Waals surface area contributed by atoms with Crippen LogP contribution in [0.15, 0.2) is 5.38 Å².